The van der Waals surface area contributed by atoms with Gasteiger partial charge in [-0.2, -0.15) is 0 Å². The van der Waals surface area contributed by atoms with Crippen LogP contribution in [0, 0.1) is 5.82 Å². The van der Waals surface area contributed by atoms with Gasteiger partial charge in [0.2, 0.25) is 0 Å². The molecule has 1 aromatic carbocycles. The van der Waals surface area contributed by atoms with Crippen molar-refractivity contribution in [1.82, 2.24) is 10.2 Å². The van der Waals surface area contributed by atoms with E-state index in [-0.39, 0.29) is 5.82 Å². The van der Waals surface area contributed by atoms with Crippen LogP contribution in [0.15, 0.2) is 24.3 Å². The van der Waals surface area contributed by atoms with Crippen LogP contribution in [0.1, 0.15) is 57.6 Å². The molecule has 2 atom stereocenters. The molecule has 2 fully saturated rings. The molecule has 3 rings (SSSR count). The van der Waals surface area contributed by atoms with E-state index in [1.165, 1.54) is 37.7 Å². The standard InChI is InChI=1S/C18H27FN2/c1-14-12-20-18(10-4-3-5-11-18)13-21(14)15(2)16-6-8-17(19)9-7-16/h6-9,14-15,20H,3-5,10-13H2,1-2H3. The highest BCUT2D eigenvalue weighted by atomic mass is 19.1. The lowest BCUT2D eigenvalue weighted by molar-refractivity contribution is 0.0355. The Morgan fingerprint density at radius 3 is 2.52 bits per heavy atom. The second-order valence-corrected chi connectivity index (χ2v) is 6.97. The minimum atomic E-state index is -0.150. The van der Waals surface area contributed by atoms with Crippen molar-refractivity contribution < 1.29 is 4.39 Å². The maximum atomic E-state index is 13.1. The third kappa shape index (κ3) is 3.14. The molecule has 0 radical (unpaired) electrons. The normalized spacial score (nSPS) is 27.7. The van der Waals surface area contributed by atoms with Crippen LogP contribution < -0.4 is 5.32 Å². The summed E-state index contributed by atoms with van der Waals surface area (Å²) in [7, 11) is 0. The molecule has 1 saturated heterocycles. The first-order valence-corrected chi connectivity index (χ1v) is 8.36. The number of hydrogen-bond donors (Lipinski definition) is 1. The Balaban J connectivity index is 1.76. The molecule has 0 amide bonds. The van der Waals surface area contributed by atoms with Crippen molar-refractivity contribution in [3.05, 3.63) is 35.6 Å². The van der Waals surface area contributed by atoms with Crippen molar-refractivity contribution in [3.63, 3.8) is 0 Å². The van der Waals surface area contributed by atoms with Crippen LogP contribution in [-0.2, 0) is 0 Å². The lowest BCUT2D eigenvalue weighted by atomic mass is 9.79. The molecule has 1 aliphatic carbocycles. The molecular weight excluding hydrogens is 263 g/mol. The largest absolute Gasteiger partial charge is 0.308 e. The summed E-state index contributed by atoms with van der Waals surface area (Å²) < 4.78 is 13.1. The Labute approximate surface area is 127 Å². The summed E-state index contributed by atoms with van der Waals surface area (Å²) in [5.74, 6) is -0.150. The maximum absolute atomic E-state index is 13.1. The fourth-order valence-corrected chi connectivity index (χ4v) is 4.06. The van der Waals surface area contributed by atoms with Crippen molar-refractivity contribution in [2.24, 2.45) is 0 Å². The molecule has 3 heteroatoms. The fraction of sp³-hybridized carbons (Fsp3) is 0.667. The van der Waals surface area contributed by atoms with Crippen LogP contribution in [0.4, 0.5) is 4.39 Å². The van der Waals surface area contributed by atoms with Gasteiger partial charge in [0.15, 0.2) is 0 Å². The van der Waals surface area contributed by atoms with Gasteiger partial charge in [-0.25, -0.2) is 4.39 Å². The van der Waals surface area contributed by atoms with Crippen molar-refractivity contribution >= 4 is 0 Å². The smallest absolute Gasteiger partial charge is 0.123 e. The Morgan fingerprint density at radius 1 is 1.19 bits per heavy atom. The van der Waals surface area contributed by atoms with E-state index in [2.05, 4.69) is 24.1 Å². The fourth-order valence-electron chi connectivity index (χ4n) is 4.06. The minimum absolute atomic E-state index is 0.150. The van der Waals surface area contributed by atoms with E-state index in [1.54, 1.807) is 12.1 Å². The lowest BCUT2D eigenvalue weighted by Gasteiger charge is -2.51. The number of hydrogen-bond acceptors (Lipinski definition) is 2. The highest BCUT2D eigenvalue weighted by Crippen LogP contribution is 2.35. The van der Waals surface area contributed by atoms with Gasteiger partial charge in [-0.3, -0.25) is 4.90 Å². The summed E-state index contributed by atoms with van der Waals surface area (Å²) in [6.07, 6.45) is 6.67. The zero-order valence-corrected chi connectivity index (χ0v) is 13.2. The Kier molecular flexibility index (Phi) is 4.32. The molecule has 2 aliphatic rings. The van der Waals surface area contributed by atoms with Gasteiger partial charge < -0.3 is 5.32 Å². The Morgan fingerprint density at radius 2 is 1.86 bits per heavy atom. The molecule has 0 bridgehead atoms. The predicted octanol–water partition coefficient (Wildman–Crippen LogP) is 3.88. The van der Waals surface area contributed by atoms with E-state index in [0.717, 1.165) is 13.1 Å². The van der Waals surface area contributed by atoms with Crippen LogP contribution >= 0.6 is 0 Å². The van der Waals surface area contributed by atoms with E-state index in [0.29, 0.717) is 17.6 Å². The summed E-state index contributed by atoms with van der Waals surface area (Å²) in [6, 6.07) is 7.90. The van der Waals surface area contributed by atoms with Crippen molar-refractivity contribution in [2.45, 2.75) is 63.6 Å². The summed E-state index contributed by atoms with van der Waals surface area (Å²) >= 11 is 0. The molecule has 116 valence electrons. The van der Waals surface area contributed by atoms with Crippen molar-refractivity contribution in [2.75, 3.05) is 13.1 Å². The van der Waals surface area contributed by atoms with Gasteiger partial charge in [-0.1, -0.05) is 31.4 Å². The molecule has 2 nitrogen and oxygen atoms in total. The predicted molar refractivity (Wildman–Crippen MR) is 84.8 cm³/mol. The van der Waals surface area contributed by atoms with Gasteiger partial charge in [0.1, 0.15) is 5.82 Å². The first-order chi connectivity index (χ1) is 10.1. The van der Waals surface area contributed by atoms with E-state index in [1.807, 2.05) is 12.1 Å². The summed E-state index contributed by atoms with van der Waals surface area (Å²) in [6.45, 7) is 6.73. The monoisotopic (exact) mass is 290 g/mol. The van der Waals surface area contributed by atoms with Crippen molar-refractivity contribution in [1.29, 1.82) is 0 Å². The van der Waals surface area contributed by atoms with Gasteiger partial charge >= 0.3 is 0 Å². The second kappa shape index (κ2) is 6.05. The third-order valence-corrected chi connectivity index (χ3v) is 5.48. The number of nitrogens with one attached hydrogen (secondary N) is 1. The molecule has 1 N–H and O–H groups in total. The molecule has 1 saturated carbocycles. The van der Waals surface area contributed by atoms with Gasteiger partial charge in [-0.05, 0) is 44.4 Å². The Hall–Kier alpha value is -0.930. The van der Waals surface area contributed by atoms with E-state index < -0.39 is 0 Å². The number of rotatable bonds is 2. The van der Waals surface area contributed by atoms with Gasteiger partial charge in [0.25, 0.3) is 0 Å². The number of benzene rings is 1. The quantitative estimate of drug-likeness (QED) is 0.889. The highest BCUT2D eigenvalue weighted by Gasteiger charge is 2.40. The van der Waals surface area contributed by atoms with E-state index in [4.69, 9.17) is 0 Å². The molecule has 0 aromatic heterocycles. The topological polar surface area (TPSA) is 15.3 Å². The average Bonchev–Trinajstić information content (AvgIpc) is 2.51. The second-order valence-electron chi connectivity index (χ2n) is 6.97. The average molecular weight is 290 g/mol. The molecular formula is C18H27FN2. The molecule has 2 unspecified atom stereocenters. The van der Waals surface area contributed by atoms with Gasteiger partial charge in [-0.15, -0.1) is 0 Å². The SMILES string of the molecule is CC1CNC2(CCCCC2)CN1C(C)c1ccc(F)cc1. The van der Waals surface area contributed by atoms with Crippen LogP contribution in [0.3, 0.4) is 0 Å². The van der Waals surface area contributed by atoms with E-state index >= 15 is 0 Å². The zero-order chi connectivity index (χ0) is 14.9. The first kappa shape index (κ1) is 15.0. The molecule has 1 aliphatic heterocycles. The Bertz CT molecular complexity index is 465. The summed E-state index contributed by atoms with van der Waals surface area (Å²) in [5.41, 5.74) is 1.54. The van der Waals surface area contributed by atoms with Crippen LogP contribution in [0.2, 0.25) is 0 Å². The zero-order valence-electron chi connectivity index (χ0n) is 13.2. The van der Waals surface area contributed by atoms with Crippen LogP contribution in [0.25, 0.3) is 0 Å². The molecule has 1 spiro atoms. The van der Waals surface area contributed by atoms with Gasteiger partial charge in [0, 0.05) is 30.7 Å². The third-order valence-electron chi connectivity index (χ3n) is 5.48. The lowest BCUT2D eigenvalue weighted by Crippen LogP contribution is -2.64. The number of halogens is 1. The number of nitrogens with zero attached hydrogens (tertiary/aromatic N) is 1. The summed E-state index contributed by atoms with van der Waals surface area (Å²) in [4.78, 5) is 2.61. The highest BCUT2D eigenvalue weighted by molar-refractivity contribution is 5.20. The van der Waals surface area contributed by atoms with Gasteiger partial charge in [0.05, 0.1) is 0 Å². The summed E-state index contributed by atoms with van der Waals surface area (Å²) in [5, 5.41) is 3.83. The molecule has 1 aromatic rings. The maximum Gasteiger partial charge on any atom is 0.123 e. The minimum Gasteiger partial charge on any atom is -0.308 e. The van der Waals surface area contributed by atoms with Crippen LogP contribution in [-0.4, -0.2) is 29.6 Å². The molecule has 1 heterocycles. The van der Waals surface area contributed by atoms with E-state index in [9.17, 15) is 4.39 Å². The van der Waals surface area contributed by atoms with Crippen molar-refractivity contribution in [3.8, 4) is 0 Å². The van der Waals surface area contributed by atoms with Crippen LogP contribution in [0.5, 0.6) is 0 Å². The molecule has 21 heavy (non-hydrogen) atoms. The first-order valence-electron chi connectivity index (χ1n) is 8.36. The number of piperazine rings is 1.